The van der Waals surface area contributed by atoms with Gasteiger partial charge in [-0.05, 0) is 32.6 Å². The number of carbonyl (C=O) groups is 1. The van der Waals surface area contributed by atoms with Gasteiger partial charge in [0.05, 0.1) is 6.10 Å². The van der Waals surface area contributed by atoms with Crippen LogP contribution in [0.15, 0.2) is 0 Å². The molecule has 0 heterocycles. The number of rotatable bonds is 2. The molecule has 0 saturated heterocycles. The molecule has 1 rings (SSSR count). The normalized spacial score (nSPS) is 26.0. The van der Waals surface area contributed by atoms with Crippen LogP contribution in [0.4, 0.5) is 0 Å². The third-order valence-electron chi connectivity index (χ3n) is 2.42. The van der Waals surface area contributed by atoms with Gasteiger partial charge in [-0.1, -0.05) is 13.8 Å². The highest BCUT2D eigenvalue weighted by Gasteiger charge is 2.24. The van der Waals surface area contributed by atoms with Gasteiger partial charge < -0.3 is 10.4 Å². The Morgan fingerprint density at radius 3 is 2.21 bits per heavy atom. The molecule has 14 heavy (non-hydrogen) atoms. The van der Waals surface area contributed by atoms with Crippen LogP contribution >= 0.6 is 0 Å². The molecule has 1 aliphatic carbocycles. The summed E-state index contributed by atoms with van der Waals surface area (Å²) in [6, 6.07) is 0. The van der Waals surface area contributed by atoms with Crippen LogP contribution in [-0.4, -0.2) is 23.7 Å². The number of aliphatic hydroxyl groups is 1. The predicted octanol–water partition coefficient (Wildman–Crippen LogP) is 1.70. The van der Waals surface area contributed by atoms with Gasteiger partial charge in [0.2, 0.25) is 5.91 Å². The molecule has 0 atom stereocenters. The van der Waals surface area contributed by atoms with Crippen molar-refractivity contribution in [2.24, 2.45) is 5.92 Å². The largest absolute Gasteiger partial charge is 0.393 e. The van der Waals surface area contributed by atoms with Gasteiger partial charge >= 0.3 is 0 Å². The lowest BCUT2D eigenvalue weighted by molar-refractivity contribution is -0.126. The van der Waals surface area contributed by atoms with Crippen molar-refractivity contribution in [1.29, 1.82) is 0 Å². The Bertz CT molecular complexity index is 151. The fourth-order valence-corrected chi connectivity index (χ4v) is 1.66. The Hall–Kier alpha value is -0.570. The van der Waals surface area contributed by atoms with Crippen molar-refractivity contribution in [3.05, 3.63) is 0 Å². The summed E-state index contributed by atoms with van der Waals surface area (Å²) in [4.78, 5) is 11.3. The lowest BCUT2D eigenvalue weighted by Gasteiger charge is -2.24. The molecule has 1 aliphatic rings. The summed E-state index contributed by atoms with van der Waals surface area (Å²) in [5, 5.41) is 12.0. The van der Waals surface area contributed by atoms with Crippen LogP contribution in [0.5, 0.6) is 0 Å². The summed E-state index contributed by atoms with van der Waals surface area (Å²) in [7, 11) is 0. The van der Waals surface area contributed by atoms with Gasteiger partial charge in [-0.2, -0.15) is 0 Å². The lowest BCUT2D eigenvalue weighted by Crippen LogP contribution is -2.33. The zero-order valence-corrected chi connectivity index (χ0v) is 9.55. The minimum atomic E-state index is -0.171. The second-order valence-corrected chi connectivity index (χ2v) is 3.40. The smallest absolute Gasteiger partial charge is 0.223 e. The highest BCUT2D eigenvalue weighted by atomic mass is 16.3. The van der Waals surface area contributed by atoms with Gasteiger partial charge in [-0.15, -0.1) is 0 Å². The minimum absolute atomic E-state index is 0.147. The molecule has 3 heteroatoms. The van der Waals surface area contributed by atoms with E-state index in [9.17, 15) is 9.90 Å². The highest BCUT2D eigenvalue weighted by Crippen LogP contribution is 2.23. The molecule has 1 saturated carbocycles. The average Bonchev–Trinajstić information content (AvgIpc) is 2.22. The van der Waals surface area contributed by atoms with E-state index in [1.54, 1.807) is 0 Å². The van der Waals surface area contributed by atoms with Crippen molar-refractivity contribution in [1.82, 2.24) is 5.32 Å². The maximum Gasteiger partial charge on any atom is 0.223 e. The molecule has 0 radical (unpaired) electrons. The number of amides is 1. The van der Waals surface area contributed by atoms with Gasteiger partial charge in [0.15, 0.2) is 0 Å². The highest BCUT2D eigenvalue weighted by molar-refractivity contribution is 5.78. The van der Waals surface area contributed by atoms with Gasteiger partial charge in [0.1, 0.15) is 0 Å². The van der Waals surface area contributed by atoms with Crippen LogP contribution in [0.2, 0.25) is 0 Å². The molecular formula is C11H23NO2. The van der Waals surface area contributed by atoms with E-state index in [0.29, 0.717) is 6.54 Å². The summed E-state index contributed by atoms with van der Waals surface area (Å²) >= 11 is 0. The SMILES string of the molecule is CC.CCNC(=O)C1CCC(O)CC1. The Labute approximate surface area is 86.9 Å². The van der Waals surface area contributed by atoms with E-state index in [2.05, 4.69) is 5.32 Å². The molecule has 0 unspecified atom stereocenters. The van der Waals surface area contributed by atoms with Crippen LogP contribution < -0.4 is 5.32 Å². The van der Waals surface area contributed by atoms with E-state index >= 15 is 0 Å². The molecule has 1 fully saturated rings. The molecule has 0 aromatic heterocycles. The third-order valence-corrected chi connectivity index (χ3v) is 2.42. The second kappa shape index (κ2) is 7.80. The first-order chi connectivity index (χ1) is 6.74. The average molecular weight is 201 g/mol. The predicted molar refractivity (Wildman–Crippen MR) is 58.0 cm³/mol. The van der Waals surface area contributed by atoms with Crippen molar-refractivity contribution < 1.29 is 9.90 Å². The zero-order chi connectivity index (χ0) is 11.0. The number of hydrogen-bond acceptors (Lipinski definition) is 2. The van der Waals surface area contributed by atoms with E-state index in [0.717, 1.165) is 25.7 Å². The molecule has 0 bridgehead atoms. The Kier molecular flexibility index (Phi) is 7.48. The molecule has 0 aliphatic heterocycles. The number of aliphatic hydroxyl groups excluding tert-OH is 1. The number of nitrogens with one attached hydrogen (secondary N) is 1. The standard InChI is InChI=1S/C9H17NO2.C2H6/c1-2-10-9(12)7-3-5-8(11)6-4-7;1-2/h7-8,11H,2-6H2,1H3,(H,10,12);1-2H3. The summed E-state index contributed by atoms with van der Waals surface area (Å²) < 4.78 is 0. The van der Waals surface area contributed by atoms with Crippen LogP contribution in [0, 0.1) is 5.92 Å². The van der Waals surface area contributed by atoms with Gasteiger partial charge in [-0.25, -0.2) is 0 Å². The van der Waals surface area contributed by atoms with Gasteiger partial charge in [0, 0.05) is 12.5 Å². The van der Waals surface area contributed by atoms with Gasteiger partial charge in [0.25, 0.3) is 0 Å². The van der Waals surface area contributed by atoms with Crippen LogP contribution in [-0.2, 0) is 4.79 Å². The maximum atomic E-state index is 11.3. The van der Waals surface area contributed by atoms with E-state index in [1.807, 2.05) is 20.8 Å². The number of hydrogen-bond donors (Lipinski definition) is 2. The third kappa shape index (κ3) is 4.61. The van der Waals surface area contributed by atoms with Crippen molar-refractivity contribution in [2.75, 3.05) is 6.54 Å². The Balaban J connectivity index is 0.000000791. The van der Waals surface area contributed by atoms with Crippen LogP contribution in [0.25, 0.3) is 0 Å². The lowest BCUT2D eigenvalue weighted by atomic mass is 9.87. The minimum Gasteiger partial charge on any atom is -0.393 e. The monoisotopic (exact) mass is 201 g/mol. The molecule has 1 amide bonds. The summed E-state index contributed by atoms with van der Waals surface area (Å²) in [6.45, 7) is 6.63. The molecule has 0 spiro atoms. The summed E-state index contributed by atoms with van der Waals surface area (Å²) in [6.07, 6.45) is 3.07. The molecule has 0 aromatic carbocycles. The fourth-order valence-electron chi connectivity index (χ4n) is 1.66. The maximum absolute atomic E-state index is 11.3. The van der Waals surface area contributed by atoms with E-state index in [-0.39, 0.29) is 17.9 Å². The summed E-state index contributed by atoms with van der Waals surface area (Å²) in [5.41, 5.74) is 0. The summed E-state index contributed by atoms with van der Waals surface area (Å²) in [5.74, 6) is 0.303. The van der Waals surface area contributed by atoms with Crippen molar-refractivity contribution >= 4 is 5.91 Å². The molecule has 84 valence electrons. The topological polar surface area (TPSA) is 49.3 Å². The van der Waals surface area contributed by atoms with Crippen LogP contribution in [0.1, 0.15) is 46.5 Å². The van der Waals surface area contributed by atoms with E-state index < -0.39 is 0 Å². The van der Waals surface area contributed by atoms with E-state index in [1.165, 1.54) is 0 Å². The van der Waals surface area contributed by atoms with Crippen molar-refractivity contribution in [3.8, 4) is 0 Å². The van der Waals surface area contributed by atoms with E-state index in [4.69, 9.17) is 0 Å². The van der Waals surface area contributed by atoms with Gasteiger partial charge in [-0.3, -0.25) is 4.79 Å². The second-order valence-electron chi connectivity index (χ2n) is 3.40. The molecule has 0 aromatic rings. The first kappa shape index (κ1) is 13.4. The molecule has 2 N–H and O–H groups in total. The van der Waals surface area contributed by atoms with Crippen molar-refractivity contribution in [3.63, 3.8) is 0 Å². The fraction of sp³-hybridized carbons (Fsp3) is 0.909. The van der Waals surface area contributed by atoms with Crippen LogP contribution in [0.3, 0.4) is 0 Å². The first-order valence-electron chi connectivity index (χ1n) is 5.69. The first-order valence-corrected chi connectivity index (χ1v) is 5.69. The molecular weight excluding hydrogens is 178 g/mol. The molecule has 3 nitrogen and oxygen atoms in total. The number of carbonyl (C=O) groups excluding carboxylic acids is 1. The quantitative estimate of drug-likeness (QED) is 0.714. The van der Waals surface area contributed by atoms with Crippen molar-refractivity contribution in [2.45, 2.75) is 52.6 Å². The Morgan fingerprint density at radius 2 is 1.79 bits per heavy atom. The Morgan fingerprint density at radius 1 is 1.29 bits per heavy atom. The zero-order valence-electron chi connectivity index (χ0n) is 9.55.